The van der Waals surface area contributed by atoms with Gasteiger partial charge in [-0.25, -0.2) is 0 Å². The van der Waals surface area contributed by atoms with Crippen LogP contribution < -0.4 is 52.1 Å². The highest BCUT2D eigenvalue weighted by atomic mass is 16.5. The van der Waals surface area contributed by atoms with Crippen LogP contribution in [0.1, 0.15) is 158 Å². The maximum absolute atomic E-state index is 7.99. The molecule has 4 aliphatic heterocycles. The van der Waals surface area contributed by atoms with Gasteiger partial charge in [-0.1, -0.05) is 337 Å². The van der Waals surface area contributed by atoms with Crippen LogP contribution in [-0.2, 0) is 32.5 Å². The van der Waals surface area contributed by atoms with E-state index in [2.05, 4.69) is 426 Å². The monoisotopic (exact) mass is 1580 g/mol. The molecule has 0 saturated heterocycles. The molecule has 15 aromatic carbocycles. The number of anilines is 6. The first-order valence-electron chi connectivity index (χ1n) is 43.6. The fraction of sp³-hybridized carbons (Fsp3) is 0.211. The van der Waals surface area contributed by atoms with E-state index < -0.39 is 0 Å². The molecule has 598 valence electrons. The molecule has 0 spiro atoms. The van der Waals surface area contributed by atoms with Crippen molar-refractivity contribution in [1.29, 1.82) is 0 Å². The first-order valence-corrected chi connectivity index (χ1v) is 43.6. The summed E-state index contributed by atoms with van der Waals surface area (Å²) >= 11 is 0. The van der Waals surface area contributed by atoms with E-state index in [1.165, 1.54) is 50.0 Å². The predicted molar refractivity (Wildman–Crippen MR) is 518 cm³/mol. The summed E-state index contributed by atoms with van der Waals surface area (Å²) in [6.45, 7) is 41.4. The van der Waals surface area contributed by atoms with E-state index in [1.807, 2.05) is 0 Å². The van der Waals surface area contributed by atoms with Crippen molar-refractivity contribution in [2.24, 2.45) is 0 Å². The van der Waals surface area contributed by atoms with Gasteiger partial charge in [0.1, 0.15) is 45.3 Å². The van der Waals surface area contributed by atoms with E-state index in [-0.39, 0.29) is 45.9 Å². The van der Waals surface area contributed by atoms with Crippen LogP contribution in [0.4, 0.5) is 34.1 Å². The van der Waals surface area contributed by atoms with Gasteiger partial charge in [0.05, 0.1) is 5.69 Å². The molecule has 0 aliphatic carbocycles. The van der Waals surface area contributed by atoms with Gasteiger partial charge in [0.25, 0.3) is 13.4 Å². The Hall–Kier alpha value is -12.8. The molecule has 4 aliphatic rings. The molecular weight excluding hydrogens is 1480 g/mol. The van der Waals surface area contributed by atoms with E-state index in [1.54, 1.807) is 0 Å². The lowest BCUT2D eigenvalue weighted by Gasteiger charge is -2.45. The predicted octanol–water partition coefficient (Wildman–Crippen LogP) is 28.1. The lowest BCUT2D eigenvalue weighted by Crippen LogP contribution is -2.63. The normalized spacial score (nSPS) is 13.7. The molecule has 0 radical (unpaired) electrons. The minimum absolute atomic E-state index is 0.107. The van der Waals surface area contributed by atoms with Crippen molar-refractivity contribution in [1.82, 2.24) is 0 Å². The molecule has 17 aromatic rings. The Balaban J connectivity index is 0.924. The quantitative estimate of drug-likeness (QED) is 0.141. The molecule has 6 nitrogen and oxygen atoms in total. The van der Waals surface area contributed by atoms with Gasteiger partial charge >= 0.3 is 0 Å². The number of hydrogen-bond acceptors (Lipinski definition) is 6. The van der Waals surface area contributed by atoms with E-state index in [0.717, 1.165) is 184 Å². The Labute approximate surface area is 719 Å². The number of benzene rings is 15. The van der Waals surface area contributed by atoms with E-state index in [0.29, 0.717) is 0 Å². The second-order valence-electron chi connectivity index (χ2n) is 40.9. The average molecular weight is 1590 g/mol. The molecule has 0 amide bonds. The molecule has 8 heteroatoms. The topological polar surface area (TPSA) is 51.2 Å². The van der Waals surface area contributed by atoms with Crippen molar-refractivity contribution in [2.45, 2.75) is 157 Å². The zero-order chi connectivity index (χ0) is 84.3. The van der Waals surface area contributed by atoms with Crippen molar-refractivity contribution < 1.29 is 18.3 Å². The number of hydrogen-bond donors (Lipinski definition) is 0. The fourth-order valence-electron chi connectivity index (χ4n) is 19.6. The number of para-hydroxylation sites is 3. The third kappa shape index (κ3) is 12.7. The number of ether oxygens (including phenoxy) is 2. The molecule has 0 N–H and O–H groups in total. The van der Waals surface area contributed by atoms with E-state index >= 15 is 0 Å². The Bertz CT molecular complexity index is 7070. The average Bonchev–Trinajstić information content (AvgIpc) is 0.825. The SMILES string of the molecule is CC(C)(C)c1cc(-c2ccc3c(c2)Oc2cc(-c4cccc5oc6ccccc6c45)cc4c2B3c2cc3c(cc2N4c2cc(C(C)(C)C)cc(C(C)(C)C)c2)N(c2c(-c4ccccc4)cccc2-c2ccccc2)c2cc(-c4cccc5oc6ccccc6c45)cc4c2B3c2ccc(-c3cc(C(C)(C)C)cc(C(C)(C)C)c3)cc2O4)cc(C(C)(C)C)c1. The highest BCUT2D eigenvalue weighted by Gasteiger charge is 2.49. The summed E-state index contributed by atoms with van der Waals surface area (Å²) in [5.41, 5.74) is 36.2. The number of fused-ring (bicyclic) bond motifs is 14. The summed E-state index contributed by atoms with van der Waals surface area (Å²) < 4.78 is 29.6. The highest BCUT2D eigenvalue weighted by molar-refractivity contribution is 7.02. The van der Waals surface area contributed by atoms with E-state index in [4.69, 9.17) is 18.3 Å². The van der Waals surface area contributed by atoms with Crippen LogP contribution in [0.15, 0.2) is 300 Å². The second-order valence-corrected chi connectivity index (χ2v) is 40.9. The largest absolute Gasteiger partial charge is 0.458 e. The molecule has 0 bridgehead atoms. The minimum Gasteiger partial charge on any atom is -0.458 e. The van der Waals surface area contributed by atoms with Crippen LogP contribution in [0.3, 0.4) is 0 Å². The van der Waals surface area contributed by atoms with Crippen molar-refractivity contribution in [3.63, 3.8) is 0 Å². The second kappa shape index (κ2) is 27.4. The van der Waals surface area contributed by atoms with Crippen LogP contribution in [0, 0.1) is 0 Å². The van der Waals surface area contributed by atoms with E-state index in [9.17, 15) is 0 Å². The molecule has 0 atom stereocenters. The summed E-state index contributed by atoms with van der Waals surface area (Å²) in [6, 6.07) is 110. The lowest BCUT2D eigenvalue weighted by molar-refractivity contribution is 0.487. The third-order valence-corrected chi connectivity index (χ3v) is 26.4. The summed E-state index contributed by atoms with van der Waals surface area (Å²) in [5, 5.41) is 4.24. The summed E-state index contributed by atoms with van der Waals surface area (Å²) in [7, 11) is 0. The summed E-state index contributed by atoms with van der Waals surface area (Å²) in [6.07, 6.45) is 0. The smallest absolute Gasteiger partial charge is 0.256 e. The molecular formula is C114H102B2N2O4. The molecule has 122 heavy (non-hydrogen) atoms. The maximum atomic E-state index is 7.99. The Kier molecular flexibility index (Phi) is 17.2. The van der Waals surface area contributed by atoms with Gasteiger partial charge in [-0.2, -0.15) is 0 Å². The molecule has 21 rings (SSSR count). The van der Waals surface area contributed by atoms with Crippen LogP contribution in [-0.4, -0.2) is 13.4 Å². The first kappa shape index (κ1) is 76.6. The highest BCUT2D eigenvalue weighted by Crippen LogP contribution is 2.55. The van der Waals surface area contributed by atoms with Crippen LogP contribution in [0.25, 0.3) is 111 Å². The fourth-order valence-corrected chi connectivity index (χ4v) is 19.6. The minimum atomic E-state index is -0.364. The van der Waals surface area contributed by atoms with Crippen molar-refractivity contribution in [3.05, 3.63) is 325 Å². The van der Waals surface area contributed by atoms with Crippen molar-refractivity contribution in [3.8, 4) is 89.8 Å². The maximum Gasteiger partial charge on any atom is 0.256 e. The molecule has 0 unspecified atom stereocenters. The third-order valence-electron chi connectivity index (χ3n) is 26.4. The number of furan rings is 2. The molecule has 6 heterocycles. The zero-order valence-electron chi connectivity index (χ0n) is 73.4. The Morgan fingerprint density at radius 3 is 0.984 bits per heavy atom. The molecule has 2 aromatic heterocycles. The van der Waals surface area contributed by atoms with Crippen molar-refractivity contribution in [2.75, 3.05) is 9.80 Å². The number of nitrogens with zero attached hydrogens (tertiary/aromatic N) is 2. The van der Waals surface area contributed by atoms with Gasteiger partial charge in [0.15, 0.2) is 0 Å². The van der Waals surface area contributed by atoms with Gasteiger partial charge in [-0.05, 0) is 233 Å². The summed E-state index contributed by atoms with van der Waals surface area (Å²) in [4.78, 5) is 5.31. The van der Waals surface area contributed by atoms with Gasteiger partial charge in [-0.3, -0.25) is 0 Å². The standard InChI is InChI=1S/C114H102B2N2O4/c1-109(2,3)75-50-71(51-76(60-75)110(4,5)6)69-46-48-88-100(56-69)121-102-58-73(82-38-30-44-98-104(82)86-36-25-27-42-96(86)119-98)54-94-106(102)115(88)90-65-91-93(66-92(90)117(94)81-63-79(113(13,14)15)62-80(64-81)114(16,17)18)118(108-84(67-32-21-19-22-33-67)40-29-41-85(108)68-34-23-20-24-35-68)95-55-74(83-39-31-45-99-105(83)87-37-26-28-43-97(87)120-99)59-103-107(95)116(91)89-49-47-70(57-101(89)122-103)72-52-77(111(7,8)9)61-78(53-72)112(10,11)12/h19-66H,1-18H3. The zero-order valence-corrected chi connectivity index (χ0v) is 73.4. The first-order chi connectivity index (χ1) is 58.2. The van der Waals surface area contributed by atoms with Gasteiger partial charge in [0.2, 0.25) is 0 Å². The van der Waals surface area contributed by atoms with Crippen molar-refractivity contribution >= 4 is 124 Å². The Morgan fingerprint density at radius 1 is 0.230 bits per heavy atom. The van der Waals surface area contributed by atoms with Crippen LogP contribution >= 0.6 is 0 Å². The summed E-state index contributed by atoms with van der Waals surface area (Å²) in [5.74, 6) is 3.27. The van der Waals surface area contributed by atoms with Gasteiger partial charge in [-0.15, -0.1) is 0 Å². The van der Waals surface area contributed by atoms with Crippen LogP contribution in [0.2, 0.25) is 0 Å². The molecule has 0 saturated carbocycles. The van der Waals surface area contributed by atoms with Crippen LogP contribution in [0.5, 0.6) is 23.0 Å². The van der Waals surface area contributed by atoms with Gasteiger partial charge < -0.3 is 28.1 Å². The lowest BCUT2D eigenvalue weighted by atomic mass is 9.30. The number of rotatable bonds is 8. The molecule has 0 fully saturated rings. The van der Waals surface area contributed by atoms with Gasteiger partial charge in [0, 0.05) is 61.1 Å². The Morgan fingerprint density at radius 2 is 0.574 bits per heavy atom.